The maximum atomic E-state index is 11.9. The molecule has 0 saturated heterocycles. The van der Waals surface area contributed by atoms with Gasteiger partial charge in [-0.05, 0) is 25.0 Å². The van der Waals surface area contributed by atoms with Crippen LogP contribution in [0.25, 0.3) is 0 Å². The van der Waals surface area contributed by atoms with E-state index in [1.54, 1.807) is 14.2 Å². The summed E-state index contributed by atoms with van der Waals surface area (Å²) < 4.78 is 10.5. The standard InChI is InChI=1S/C16H24N2O3/c1-20-13-7-8-15(21-2)14(11-13)17-10-9-16(19)18-12-5-3-4-6-12/h7-8,11-12,17H,3-6,9-10H2,1-2H3,(H,18,19). The first kappa shape index (κ1) is 15.5. The molecular formula is C16H24N2O3. The molecule has 0 radical (unpaired) electrons. The smallest absolute Gasteiger partial charge is 0.221 e. The molecule has 2 N–H and O–H groups in total. The van der Waals surface area contributed by atoms with Crippen LogP contribution in [0.3, 0.4) is 0 Å². The monoisotopic (exact) mass is 292 g/mol. The number of methoxy groups -OCH3 is 2. The van der Waals surface area contributed by atoms with Crippen LogP contribution in [-0.4, -0.2) is 32.7 Å². The van der Waals surface area contributed by atoms with Gasteiger partial charge in [-0.25, -0.2) is 0 Å². The zero-order valence-electron chi connectivity index (χ0n) is 12.8. The highest BCUT2D eigenvalue weighted by Gasteiger charge is 2.16. The van der Waals surface area contributed by atoms with E-state index in [1.165, 1.54) is 12.8 Å². The average molecular weight is 292 g/mol. The normalized spacial score (nSPS) is 14.8. The van der Waals surface area contributed by atoms with E-state index in [0.717, 1.165) is 30.0 Å². The number of ether oxygens (including phenoxy) is 2. The van der Waals surface area contributed by atoms with Crippen LogP contribution in [-0.2, 0) is 4.79 Å². The predicted molar refractivity (Wildman–Crippen MR) is 83.1 cm³/mol. The minimum Gasteiger partial charge on any atom is -0.497 e. The number of anilines is 1. The summed E-state index contributed by atoms with van der Waals surface area (Å²) in [6, 6.07) is 5.94. The minimum atomic E-state index is 0.108. The summed E-state index contributed by atoms with van der Waals surface area (Å²) in [6.45, 7) is 0.572. The third-order valence-corrected chi connectivity index (χ3v) is 3.79. The van der Waals surface area contributed by atoms with Gasteiger partial charge in [0.25, 0.3) is 0 Å². The Bertz CT molecular complexity index is 471. The summed E-state index contributed by atoms with van der Waals surface area (Å²) >= 11 is 0. The van der Waals surface area contributed by atoms with E-state index < -0.39 is 0 Å². The highest BCUT2D eigenvalue weighted by molar-refractivity contribution is 5.77. The van der Waals surface area contributed by atoms with Crippen molar-refractivity contribution in [3.8, 4) is 11.5 Å². The van der Waals surface area contributed by atoms with Gasteiger partial charge in [0.05, 0.1) is 19.9 Å². The molecule has 5 nitrogen and oxygen atoms in total. The average Bonchev–Trinajstić information content (AvgIpc) is 3.00. The van der Waals surface area contributed by atoms with Gasteiger partial charge in [0.1, 0.15) is 11.5 Å². The summed E-state index contributed by atoms with van der Waals surface area (Å²) in [5, 5.41) is 6.31. The topological polar surface area (TPSA) is 59.6 Å². The Morgan fingerprint density at radius 1 is 1.24 bits per heavy atom. The van der Waals surface area contributed by atoms with Gasteiger partial charge in [0.2, 0.25) is 5.91 Å². The van der Waals surface area contributed by atoms with Crippen LogP contribution in [0.1, 0.15) is 32.1 Å². The number of amides is 1. The maximum absolute atomic E-state index is 11.9. The lowest BCUT2D eigenvalue weighted by molar-refractivity contribution is -0.121. The Balaban J connectivity index is 1.80. The highest BCUT2D eigenvalue weighted by Crippen LogP contribution is 2.28. The number of nitrogens with one attached hydrogen (secondary N) is 2. The van der Waals surface area contributed by atoms with E-state index in [9.17, 15) is 4.79 Å². The molecule has 0 heterocycles. The van der Waals surface area contributed by atoms with Gasteiger partial charge >= 0.3 is 0 Å². The van der Waals surface area contributed by atoms with E-state index in [0.29, 0.717) is 19.0 Å². The molecule has 1 aromatic rings. The second-order valence-electron chi connectivity index (χ2n) is 5.29. The Kier molecular flexibility index (Phi) is 5.72. The molecular weight excluding hydrogens is 268 g/mol. The van der Waals surface area contributed by atoms with Gasteiger partial charge in [-0.3, -0.25) is 4.79 Å². The molecule has 0 atom stereocenters. The Hall–Kier alpha value is -1.91. The fourth-order valence-corrected chi connectivity index (χ4v) is 2.63. The van der Waals surface area contributed by atoms with Crippen molar-refractivity contribution < 1.29 is 14.3 Å². The van der Waals surface area contributed by atoms with Crippen molar-refractivity contribution in [2.75, 3.05) is 26.1 Å². The molecule has 0 bridgehead atoms. The van der Waals surface area contributed by atoms with Crippen LogP contribution in [0.4, 0.5) is 5.69 Å². The molecule has 0 spiro atoms. The third kappa shape index (κ3) is 4.55. The summed E-state index contributed by atoms with van der Waals surface area (Å²) in [5.74, 6) is 1.61. The zero-order valence-corrected chi connectivity index (χ0v) is 12.8. The lowest BCUT2D eigenvalue weighted by atomic mass is 10.2. The quantitative estimate of drug-likeness (QED) is 0.811. The molecule has 1 amide bonds. The first-order valence-electron chi connectivity index (χ1n) is 7.48. The number of hydrogen-bond donors (Lipinski definition) is 2. The van der Waals surface area contributed by atoms with E-state index in [2.05, 4.69) is 10.6 Å². The number of carbonyl (C=O) groups is 1. The number of hydrogen-bond acceptors (Lipinski definition) is 4. The summed E-state index contributed by atoms with van der Waals surface area (Å²) in [7, 11) is 3.25. The number of rotatable bonds is 7. The number of carbonyl (C=O) groups excluding carboxylic acids is 1. The predicted octanol–water partition coefficient (Wildman–Crippen LogP) is 2.56. The molecule has 5 heteroatoms. The van der Waals surface area contributed by atoms with Gasteiger partial charge < -0.3 is 20.1 Å². The summed E-state index contributed by atoms with van der Waals surface area (Å²) in [4.78, 5) is 11.9. The molecule has 0 unspecified atom stereocenters. The zero-order chi connectivity index (χ0) is 15.1. The lowest BCUT2D eigenvalue weighted by Gasteiger charge is -2.14. The van der Waals surface area contributed by atoms with Crippen molar-refractivity contribution in [3.05, 3.63) is 18.2 Å². The molecule has 1 saturated carbocycles. The van der Waals surface area contributed by atoms with Crippen molar-refractivity contribution in [3.63, 3.8) is 0 Å². The lowest BCUT2D eigenvalue weighted by Crippen LogP contribution is -2.33. The van der Waals surface area contributed by atoms with E-state index >= 15 is 0 Å². The third-order valence-electron chi connectivity index (χ3n) is 3.79. The molecule has 1 aromatic carbocycles. The fraction of sp³-hybridized carbons (Fsp3) is 0.562. The van der Waals surface area contributed by atoms with Crippen LogP contribution in [0.15, 0.2) is 18.2 Å². The van der Waals surface area contributed by atoms with Crippen molar-refractivity contribution in [2.45, 2.75) is 38.1 Å². The first-order valence-corrected chi connectivity index (χ1v) is 7.48. The molecule has 0 aliphatic heterocycles. The summed E-state index contributed by atoms with van der Waals surface area (Å²) in [6.07, 6.45) is 5.14. The molecule has 116 valence electrons. The molecule has 1 aliphatic carbocycles. The van der Waals surface area contributed by atoms with Crippen molar-refractivity contribution in [1.29, 1.82) is 0 Å². The van der Waals surface area contributed by atoms with Gasteiger partial charge in [-0.15, -0.1) is 0 Å². The van der Waals surface area contributed by atoms with Crippen LogP contribution in [0.5, 0.6) is 11.5 Å². The van der Waals surface area contributed by atoms with Gasteiger partial charge in [0.15, 0.2) is 0 Å². The Labute approximate surface area is 126 Å². The van der Waals surface area contributed by atoms with Crippen molar-refractivity contribution in [2.24, 2.45) is 0 Å². The maximum Gasteiger partial charge on any atom is 0.221 e. The number of benzene rings is 1. The minimum absolute atomic E-state index is 0.108. The van der Waals surface area contributed by atoms with Crippen LogP contribution in [0.2, 0.25) is 0 Å². The van der Waals surface area contributed by atoms with Gasteiger partial charge in [-0.2, -0.15) is 0 Å². The van der Waals surface area contributed by atoms with E-state index in [4.69, 9.17) is 9.47 Å². The van der Waals surface area contributed by atoms with Crippen LogP contribution < -0.4 is 20.1 Å². The second kappa shape index (κ2) is 7.76. The molecule has 2 rings (SSSR count). The Morgan fingerprint density at radius 3 is 2.67 bits per heavy atom. The van der Waals surface area contributed by atoms with Crippen LogP contribution >= 0.6 is 0 Å². The van der Waals surface area contributed by atoms with Gasteiger partial charge in [0, 0.05) is 25.1 Å². The SMILES string of the molecule is COc1ccc(OC)c(NCCC(=O)NC2CCCC2)c1. The van der Waals surface area contributed by atoms with E-state index in [-0.39, 0.29) is 5.91 Å². The van der Waals surface area contributed by atoms with Crippen molar-refractivity contribution in [1.82, 2.24) is 5.32 Å². The Morgan fingerprint density at radius 2 is 2.00 bits per heavy atom. The molecule has 0 aromatic heterocycles. The van der Waals surface area contributed by atoms with Crippen molar-refractivity contribution >= 4 is 11.6 Å². The molecule has 21 heavy (non-hydrogen) atoms. The van der Waals surface area contributed by atoms with E-state index in [1.807, 2.05) is 18.2 Å². The molecule has 1 fully saturated rings. The second-order valence-corrected chi connectivity index (χ2v) is 5.29. The van der Waals surface area contributed by atoms with Gasteiger partial charge in [-0.1, -0.05) is 12.8 Å². The largest absolute Gasteiger partial charge is 0.497 e. The fourth-order valence-electron chi connectivity index (χ4n) is 2.63. The summed E-state index contributed by atoms with van der Waals surface area (Å²) in [5.41, 5.74) is 0.838. The van der Waals surface area contributed by atoms with Crippen LogP contribution in [0, 0.1) is 0 Å². The highest BCUT2D eigenvalue weighted by atomic mass is 16.5. The first-order chi connectivity index (χ1) is 10.2. The molecule has 1 aliphatic rings.